The molecular weight excluding hydrogens is 246 g/mol. The molecule has 19 heavy (non-hydrogen) atoms. The van der Waals surface area contributed by atoms with Crippen molar-refractivity contribution in [3.8, 4) is 0 Å². The Balaban J connectivity index is 2.61. The minimum atomic E-state index is -0.491. The van der Waals surface area contributed by atoms with Crippen LogP contribution in [0.5, 0.6) is 0 Å². The van der Waals surface area contributed by atoms with Crippen LogP contribution in [0.25, 0.3) is 0 Å². The number of rotatable bonds is 5. The number of nitrogens with zero attached hydrogens (tertiary/aromatic N) is 1. The Morgan fingerprint density at radius 1 is 1.47 bits per heavy atom. The fraction of sp³-hybridized carbons (Fsp3) is 0.538. The molecule has 6 nitrogen and oxygen atoms in total. The van der Waals surface area contributed by atoms with E-state index < -0.39 is 11.0 Å². The molecule has 0 bridgehead atoms. The van der Waals surface area contributed by atoms with E-state index in [0.717, 1.165) is 0 Å². The third-order valence-corrected chi connectivity index (χ3v) is 2.62. The molecule has 1 aromatic rings. The summed E-state index contributed by atoms with van der Waals surface area (Å²) in [5.41, 5.74) is 6.62. The third kappa shape index (κ3) is 5.13. The van der Waals surface area contributed by atoms with Gasteiger partial charge in [0, 0.05) is 18.7 Å². The molecule has 0 amide bonds. The van der Waals surface area contributed by atoms with Gasteiger partial charge in [-0.05, 0) is 17.9 Å². The summed E-state index contributed by atoms with van der Waals surface area (Å²) >= 11 is 0. The van der Waals surface area contributed by atoms with E-state index in [1.165, 1.54) is 12.1 Å². The van der Waals surface area contributed by atoms with E-state index >= 15 is 0 Å². The Kier molecular flexibility index (Phi) is 4.72. The first kappa shape index (κ1) is 15.2. The molecule has 0 heterocycles. The lowest BCUT2D eigenvalue weighted by molar-refractivity contribution is -0.384. The van der Waals surface area contributed by atoms with Gasteiger partial charge in [-0.1, -0.05) is 20.8 Å². The molecule has 0 aliphatic carbocycles. The first-order chi connectivity index (χ1) is 8.69. The van der Waals surface area contributed by atoms with Crippen molar-refractivity contribution in [1.29, 1.82) is 0 Å². The second-order valence-corrected chi connectivity index (χ2v) is 5.83. The van der Waals surface area contributed by atoms with E-state index in [9.17, 15) is 15.2 Å². The summed E-state index contributed by atoms with van der Waals surface area (Å²) in [7, 11) is 0. The van der Waals surface area contributed by atoms with Crippen LogP contribution >= 0.6 is 0 Å². The Morgan fingerprint density at radius 2 is 2.11 bits per heavy atom. The van der Waals surface area contributed by atoms with Crippen molar-refractivity contribution in [3.05, 3.63) is 28.3 Å². The van der Waals surface area contributed by atoms with Crippen LogP contribution < -0.4 is 11.1 Å². The number of nitrogens with one attached hydrogen (secondary N) is 1. The molecule has 1 atom stereocenters. The summed E-state index contributed by atoms with van der Waals surface area (Å²) in [5, 5.41) is 23.4. The molecule has 106 valence electrons. The summed E-state index contributed by atoms with van der Waals surface area (Å²) in [5.74, 6) is 0. The maximum atomic E-state index is 10.6. The molecule has 0 radical (unpaired) electrons. The molecule has 0 aromatic heterocycles. The van der Waals surface area contributed by atoms with Gasteiger partial charge in [-0.15, -0.1) is 0 Å². The second kappa shape index (κ2) is 5.88. The number of nitrogen functional groups attached to an aromatic ring is 1. The van der Waals surface area contributed by atoms with E-state index in [2.05, 4.69) is 26.1 Å². The average molecular weight is 267 g/mol. The lowest BCUT2D eigenvalue weighted by atomic mass is 9.89. The molecule has 6 heteroatoms. The van der Waals surface area contributed by atoms with Gasteiger partial charge in [-0.3, -0.25) is 10.1 Å². The molecule has 0 spiro atoms. The van der Waals surface area contributed by atoms with Crippen molar-refractivity contribution in [2.45, 2.75) is 33.3 Å². The summed E-state index contributed by atoms with van der Waals surface area (Å²) < 4.78 is 0. The molecule has 0 aliphatic rings. The van der Waals surface area contributed by atoms with Crippen molar-refractivity contribution >= 4 is 17.1 Å². The number of anilines is 2. The van der Waals surface area contributed by atoms with E-state index in [1.807, 2.05) is 0 Å². The van der Waals surface area contributed by atoms with Gasteiger partial charge >= 0.3 is 0 Å². The molecule has 1 rings (SSSR count). The molecular formula is C13H21N3O3. The summed E-state index contributed by atoms with van der Waals surface area (Å²) in [6.07, 6.45) is 0.168. The average Bonchev–Trinajstić information content (AvgIpc) is 2.24. The highest BCUT2D eigenvalue weighted by molar-refractivity contribution is 5.69. The van der Waals surface area contributed by atoms with Crippen molar-refractivity contribution < 1.29 is 10.0 Å². The summed E-state index contributed by atoms with van der Waals surface area (Å²) in [6, 6.07) is 4.24. The van der Waals surface area contributed by atoms with Crippen LogP contribution in [0.15, 0.2) is 18.2 Å². The number of benzene rings is 1. The summed E-state index contributed by atoms with van der Waals surface area (Å²) in [4.78, 5) is 10.1. The first-order valence-corrected chi connectivity index (χ1v) is 6.15. The van der Waals surface area contributed by atoms with E-state index in [1.54, 1.807) is 6.07 Å². The maximum Gasteiger partial charge on any atom is 0.271 e. The van der Waals surface area contributed by atoms with Crippen molar-refractivity contribution in [1.82, 2.24) is 0 Å². The SMILES string of the molecule is CC(C)(C)CC(O)CNc1ccc([N+](=O)[O-])cc1N. The van der Waals surface area contributed by atoms with Gasteiger partial charge in [0.05, 0.1) is 22.4 Å². The van der Waals surface area contributed by atoms with Gasteiger partial charge in [-0.25, -0.2) is 0 Å². The number of aliphatic hydroxyl groups is 1. The van der Waals surface area contributed by atoms with Gasteiger partial charge in [0.1, 0.15) is 0 Å². The fourth-order valence-corrected chi connectivity index (χ4v) is 1.83. The van der Waals surface area contributed by atoms with Gasteiger partial charge in [0.15, 0.2) is 0 Å². The second-order valence-electron chi connectivity index (χ2n) is 5.83. The minimum absolute atomic E-state index is 0.0433. The third-order valence-electron chi connectivity index (χ3n) is 2.62. The van der Waals surface area contributed by atoms with Crippen molar-refractivity contribution in [3.63, 3.8) is 0 Å². The Labute approximate surface area is 112 Å². The molecule has 1 unspecified atom stereocenters. The Morgan fingerprint density at radius 3 is 2.58 bits per heavy atom. The van der Waals surface area contributed by atoms with Gasteiger partial charge in [0.25, 0.3) is 5.69 Å². The van der Waals surface area contributed by atoms with Crippen LogP contribution in [0.4, 0.5) is 17.1 Å². The normalized spacial score (nSPS) is 13.1. The highest BCUT2D eigenvalue weighted by atomic mass is 16.6. The molecule has 0 fully saturated rings. The molecule has 4 N–H and O–H groups in total. The highest BCUT2D eigenvalue weighted by Crippen LogP contribution is 2.25. The van der Waals surface area contributed by atoms with E-state index in [4.69, 9.17) is 5.73 Å². The maximum absolute atomic E-state index is 10.6. The quantitative estimate of drug-likeness (QED) is 0.432. The zero-order valence-electron chi connectivity index (χ0n) is 11.5. The highest BCUT2D eigenvalue weighted by Gasteiger charge is 2.17. The van der Waals surface area contributed by atoms with Crippen LogP contribution in [0.1, 0.15) is 27.2 Å². The van der Waals surface area contributed by atoms with Crippen LogP contribution in [0.2, 0.25) is 0 Å². The van der Waals surface area contributed by atoms with Crippen LogP contribution in [0, 0.1) is 15.5 Å². The zero-order valence-corrected chi connectivity index (χ0v) is 11.5. The van der Waals surface area contributed by atoms with Gasteiger partial charge < -0.3 is 16.2 Å². The topological polar surface area (TPSA) is 101 Å². The lowest BCUT2D eigenvalue weighted by Crippen LogP contribution is -2.25. The van der Waals surface area contributed by atoms with E-state index in [-0.39, 0.29) is 11.1 Å². The minimum Gasteiger partial charge on any atom is -0.397 e. The number of hydrogen-bond donors (Lipinski definition) is 3. The number of nitro groups is 1. The predicted octanol–water partition coefficient (Wildman–Crippen LogP) is 2.39. The number of aliphatic hydroxyl groups excluding tert-OH is 1. The molecule has 0 aliphatic heterocycles. The van der Waals surface area contributed by atoms with Crippen LogP contribution in [-0.2, 0) is 0 Å². The van der Waals surface area contributed by atoms with E-state index in [0.29, 0.717) is 24.3 Å². The van der Waals surface area contributed by atoms with Crippen LogP contribution in [-0.4, -0.2) is 22.7 Å². The monoisotopic (exact) mass is 267 g/mol. The predicted molar refractivity (Wildman–Crippen MR) is 76.1 cm³/mol. The number of hydrogen-bond acceptors (Lipinski definition) is 5. The molecule has 0 saturated heterocycles. The van der Waals surface area contributed by atoms with Gasteiger partial charge in [-0.2, -0.15) is 0 Å². The standard InChI is InChI=1S/C13H21N3O3/c1-13(2,3)7-10(17)8-15-12-5-4-9(16(18)19)6-11(12)14/h4-6,10,15,17H,7-8,14H2,1-3H3. The Bertz CT molecular complexity index is 455. The largest absolute Gasteiger partial charge is 0.397 e. The molecule has 1 aromatic carbocycles. The Hall–Kier alpha value is -1.82. The fourth-order valence-electron chi connectivity index (χ4n) is 1.83. The number of non-ortho nitro benzene ring substituents is 1. The lowest BCUT2D eigenvalue weighted by Gasteiger charge is -2.23. The molecule has 0 saturated carbocycles. The van der Waals surface area contributed by atoms with Crippen molar-refractivity contribution in [2.24, 2.45) is 5.41 Å². The smallest absolute Gasteiger partial charge is 0.271 e. The zero-order chi connectivity index (χ0) is 14.6. The summed E-state index contributed by atoms with van der Waals surface area (Å²) in [6.45, 7) is 6.52. The number of nitrogens with two attached hydrogens (primary N) is 1. The van der Waals surface area contributed by atoms with Crippen molar-refractivity contribution in [2.75, 3.05) is 17.6 Å². The van der Waals surface area contributed by atoms with Crippen LogP contribution in [0.3, 0.4) is 0 Å². The first-order valence-electron chi connectivity index (χ1n) is 6.15. The van der Waals surface area contributed by atoms with Gasteiger partial charge in [0.2, 0.25) is 0 Å². The number of nitro benzene ring substituents is 1.